The summed E-state index contributed by atoms with van der Waals surface area (Å²) in [5, 5.41) is 4.17. The second-order valence-corrected chi connectivity index (χ2v) is 4.09. The number of hydrogen-bond donors (Lipinski definition) is 1. The van der Waals surface area contributed by atoms with Crippen LogP contribution in [0, 0.1) is 5.82 Å². The average Bonchev–Trinajstić information content (AvgIpc) is 2.92. The number of ether oxygens (including phenoxy) is 1. The van der Waals surface area contributed by atoms with Gasteiger partial charge in [0, 0.05) is 6.07 Å². The second kappa shape index (κ2) is 5.00. The first-order chi connectivity index (χ1) is 9.72. The van der Waals surface area contributed by atoms with Gasteiger partial charge < -0.3 is 10.5 Å². The highest BCUT2D eigenvalue weighted by molar-refractivity contribution is 5.53. The third-order valence-corrected chi connectivity index (χ3v) is 2.66. The molecule has 0 unspecified atom stereocenters. The number of rotatable bonds is 3. The first-order valence-corrected chi connectivity index (χ1v) is 5.92. The van der Waals surface area contributed by atoms with Crippen molar-refractivity contribution in [3.63, 3.8) is 0 Å². The summed E-state index contributed by atoms with van der Waals surface area (Å²) in [6.45, 7) is 0. The number of nitrogens with two attached hydrogens (primary N) is 1. The zero-order valence-corrected chi connectivity index (χ0v) is 10.4. The minimum Gasteiger partial charge on any atom is -0.421 e. The van der Waals surface area contributed by atoms with Crippen LogP contribution in [0.15, 0.2) is 54.9 Å². The number of anilines is 1. The summed E-state index contributed by atoms with van der Waals surface area (Å²) >= 11 is 0. The Morgan fingerprint density at radius 1 is 1.10 bits per heavy atom. The van der Waals surface area contributed by atoms with Gasteiger partial charge in [0.1, 0.15) is 12.1 Å². The molecule has 20 heavy (non-hydrogen) atoms. The van der Waals surface area contributed by atoms with E-state index in [1.54, 1.807) is 4.68 Å². The molecule has 1 aromatic heterocycles. The van der Waals surface area contributed by atoms with E-state index in [0.717, 1.165) is 5.69 Å². The standard InChI is InChI=1S/C14H11FN4O/c15-10-6-7-13(12(16)8-10)20-14-17-9-19(18-14)11-4-2-1-3-5-11/h1-9H,16H2. The van der Waals surface area contributed by atoms with E-state index in [9.17, 15) is 4.39 Å². The first kappa shape index (κ1) is 12.2. The Hall–Kier alpha value is -2.89. The Morgan fingerprint density at radius 3 is 2.65 bits per heavy atom. The van der Waals surface area contributed by atoms with Crippen LogP contribution in [0.2, 0.25) is 0 Å². The maximum atomic E-state index is 12.9. The Labute approximate surface area is 114 Å². The van der Waals surface area contributed by atoms with Crippen LogP contribution in [0.1, 0.15) is 0 Å². The fraction of sp³-hybridized carbons (Fsp3) is 0. The average molecular weight is 270 g/mol. The third kappa shape index (κ3) is 2.44. The first-order valence-electron chi connectivity index (χ1n) is 5.92. The van der Waals surface area contributed by atoms with Crippen molar-refractivity contribution in [3.05, 3.63) is 60.7 Å². The molecule has 3 aromatic rings. The van der Waals surface area contributed by atoms with Gasteiger partial charge >= 0.3 is 6.01 Å². The van der Waals surface area contributed by atoms with Crippen LogP contribution >= 0.6 is 0 Å². The fourth-order valence-electron chi connectivity index (χ4n) is 1.71. The summed E-state index contributed by atoms with van der Waals surface area (Å²) in [5.74, 6) is -0.102. The Kier molecular flexibility index (Phi) is 3.04. The van der Waals surface area contributed by atoms with E-state index in [1.165, 1.54) is 24.5 Å². The van der Waals surface area contributed by atoms with E-state index >= 15 is 0 Å². The minimum atomic E-state index is -0.419. The van der Waals surface area contributed by atoms with Gasteiger partial charge in [0.05, 0.1) is 11.4 Å². The van der Waals surface area contributed by atoms with Gasteiger partial charge in [-0.05, 0) is 24.3 Å². The lowest BCUT2D eigenvalue weighted by Gasteiger charge is -2.04. The van der Waals surface area contributed by atoms with Gasteiger partial charge in [0.15, 0.2) is 5.75 Å². The molecule has 0 amide bonds. The van der Waals surface area contributed by atoms with Crippen molar-refractivity contribution in [2.45, 2.75) is 0 Å². The highest BCUT2D eigenvalue weighted by Gasteiger charge is 2.08. The molecule has 0 saturated carbocycles. The van der Waals surface area contributed by atoms with Crippen LogP contribution in [-0.4, -0.2) is 14.8 Å². The van der Waals surface area contributed by atoms with Gasteiger partial charge in [-0.15, -0.1) is 5.10 Å². The van der Waals surface area contributed by atoms with E-state index in [-0.39, 0.29) is 11.7 Å². The molecule has 0 aliphatic carbocycles. The second-order valence-electron chi connectivity index (χ2n) is 4.09. The van der Waals surface area contributed by atoms with E-state index in [0.29, 0.717) is 5.75 Å². The molecule has 2 aromatic carbocycles. The molecule has 0 radical (unpaired) electrons. The molecule has 2 N–H and O–H groups in total. The van der Waals surface area contributed by atoms with Crippen molar-refractivity contribution >= 4 is 5.69 Å². The molecule has 0 aliphatic heterocycles. The number of benzene rings is 2. The number of halogens is 1. The lowest BCUT2D eigenvalue weighted by molar-refractivity contribution is 0.442. The minimum absolute atomic E-state index is 0.146. The molecule has 0 fully saturated rings. The van der Waals surface area contributed by atoms with E-state index in [2.05, 4.69) is 10.1 Å². The predicted molar refractivity (Wildman–Crippen MR) is 72.2 cm³/mol. The van der Waals surface area contributed by atoms with Crippen LogP contribution < -0.4 is 10.5 Å². The quantitative estimate of drug-likeness (QED) is 0.743. The van der Waals surface area contributed by atoms with Crippen LogP contribution in [0.4, 0.5) is 10.1 Å². The van der Waals surface area contributed by atoms with Crippen molar-refractivity contribution in [1.82, 2.24) is 14.8 Å². The highest BCUT2D eigenvalue weighted by Crippen LogP contribution is 2.25. The van der Waals surface area contributed by atoms with Gasteiger partial charge in [0.25, 0.3) is 0 Å². The molecule has 1 heterocycles. The van der Waals surface area contributed by atoms with Crippen molar-refractivity contribution in [2.24, 2.45) is 0 Å². The normalized spacial score (nSPS) is 10.4. The Bertz CT molecular complexity index is 727. The van der Waals surface area contributed by atoms with Gasteiger partial charge in [-0.3, -0.25) is 0 Å². The summed E-state index contributed by atoms with van der Waals surface area (Å²) in [7, 11) is 0. The Balaban J connectivity index is 1.84. The summed E-state index contributed by atoms with van der Waals surface area (Å²) in [6.07, 6.45) is 1.53. The van der Waals surface area contributed by atoms with Crippen molar-refractivity contribution < 1.29 is 9.13 Å². The molecule has 0 aliphatic rings. The van der Waals surface area contributed by atoms with Crippen LogP contribution in [-0.2, 0) is 0 Å². The molecule has 100 valence electrons. The molecule has 6 heteroatoms. The molecule has 0 bridgehead atoms. The molecular formula is C14H11FN4O. The lowest BCUT2D eigenvalue weighted by Crippen LogP contribution is -1.96. The van der Waals surface area contributed by atoms with Crippen LogP contribution in [0.25, 0.3) is 5.69 Å². The third-order valence-electron chi connectivity index (χ3n) is 2.66. The number of para-hydroxylation sites is 1. The summed E-state index contributed by atoms with van der Waals surface area (Å²) in [6, 6.07) is 13.5. The molecule has 0 saturated heterocycles. The van der Waals surface area contributed by atoms with Crippen LogP contribution in [0.3, 0.4) is 0 Å². The highest BCUT2D eigenvalue weighted by atomic mass is 19.1. The molecular weight excluding hydrogens is 259 g/mol. The van der Waals surface area contributed by atoms with Gasteiger partial charge in [-0.25, -0.2) is 9.07 Å². The van der Waals surface area contributed by atoms with Gasteiger partial charge in [-0.2, -0.15) is 4.98 Å². The number of hydrogen-bond acceptors (Lipinski definition) is 4. The zero-order valence-electron chi connectivity index (χ0n) is 10.4. The molecule has 0 spiro atoms. The van der Waals surface area contributed by atoms with E-state index in [1.807, 2.05) is 30.3 Å². The lowest BCUT2D eigenvalue weighted by atomic mass is 10.3. The molecule has 0 atom stereocenters. The zero-order chi connectivity index (χ0) is 13.9. The number of aromatic nitrogens is 3. The molecule has 5 nitrogen and oxygen atoms in total. The van der Waals surface area contributed by atoms with E-state index in [4.69, 9.17) is 10.5 Å². The maximum absolute atomic E-state index is 12.9. The maximum Gasteiger partial charge on any atom is 0.341 e. The van der Waals surface area contributed by atoms with Crippen molar-refractivity contribution in [2.75, 3.05) is 5.73 Å². The topological polar surface area (TPSA) is 66.0 Å². The smallest absolute Gasteiger partial charge is 0.341 e. The summed E-state index contributed by atoms with van der Waals surface area (Å²) < 4.78 is 20.0. The number of nitrogen functional groups attached to an aromatic ring is 1. The van der Waals surface area contributed by atoms with Crippen molar-refractivity contribution in [3.8, 4) is 17.4 Å². The Morgan fingerprint density at radius 2 is 1.90 bits per heavy atom. The summed E-state index contributed by atoms with van der Waals surface area (Å²) in [4.78, 5) is 4.03. The number of nitrogens with zero attached hydrogens (tertiary/aromatic N) is 3. The fourth-order valence-corrected chi connectivity index (χ4v) is 1.71. The summed E-state index contributed by atoms with van der Waals surface area (Å²) in [5.41, 5.74) is 6.72. The SMILES string of the molecule is Nc1cc(F)ccc1Oc1ncn(-c2ccccc2)n1. The van der Waals surface area contributed by atoms with Gasteiger partial charge in [-0.1, -0.05) is 18.2 Å². The van der Waals surface area contributed by atoms with Gasteiger partial charge in [0.2, 0.25) is 0 Å². The largest absolute Gasteiger partial charge is 0.421 e. The molecule has 3 rings (SSSR count). The van der Waals surface area contributed by atoms with Crippen LogP contribution in [0.5, 0.6) is 11.8 Å². The monoisotopic (exact) mass is 270 g/mol. The van der Waals surface area contributed by atoms with Crippen molar-refractivity contribution in [1.29, 1.82) is 0 Å². The predicted octanol–water partition coefficient (Wildman–Crippen LogP) is 2.78. The van der Waals surface area contributed by atoms with E-state index < -0.39 is 5.82 Å².